The molecule has 0 bridgehead atoms. The standard InChI is InChI=1S/C23H29NO7/c1-6-17(19(26)30-5)13-15(3)12-14(2)8-7-9-16(4)18(25)23(29)20-22(28,10-11-31-20)24-21(23)27/h6-9,12-13,20,28-29H,10-11H2,1-5H3,(H,24,27)/b8-7+,14-12+,15-13+,16-9+,17-6+/t20?,22-,23+/m0/s1. The lowest BCUT2D eigenvalue weighted by Crippen LogP contribution is -2.55. The number of amides is 1. The van der Waals surface area contributed by atoms with Gasteiger partial charge in [-0.05, 0) is 39.3 Å². The monoisotopic (exact) mass is 431 g/mol. The molecule has 0 saturated carbocycles. The number of allylic oxidation sites excluding steroid dienone is 7. The highest BCUT2D eigenvalue weighted by molar-refractivity contribution is 6.18. The first-order chi connectivity index (χ1) is 14.5. The number of Topliss-reactive ketones (excluding diaryl/α,β-unsaturated/α-hetero) is 1. The first-order valence-corrected chi connectivity index (χ1v) is 9.89. The third-order valence-corrected chi connectivity index (χ3v) is 5.24. The summed E-state index contributed by atoms with van der Waals surface area (Å²) in [5, 5.41) is 23.4. The second-order valence-electron chi connectivity index (χ2n) is 7.70. The summed E-state index contributed by atoms with van der Waals surface area (Å²) < 4.78 is 10.0. The van der Waals surface area contributed by atoms with E-state index in [1.54, 1.807) is 31.2 Å². The van der Waals surface area contributed by atoms with E-state index in [4.69, 9.17) is 9.47 Å². The lowest BCUT2D eigenvalue weighted by atomic mass is 9.86. The second-order valence-corrected chi connectivity index (χ2v) is 7.70. The van der Waals surface area contributed by atoms with E-state index in [1.165, 1.54) is 20.1 Å². The first-order valence-electron chi connectivity index (χ1n) is 9.89. The van der Waals surface area contributed by atoms with Crippen LogP contribution in [0.2, 0.25) is 0 Å². The van der Waals surface area contributed by atoms with Gasteiger partial charge in [0.1, 0.15) is 0 Å². The molecule has 1 unspecified atom stereocenters. The van der Waals surface area contributed by atoms with Gasteiger partial charge in [0.15, 0.2) is 11.8 Å². The predicted molar refractivity (Wildman–Crippen MR) is 114 cm³/mol. The Hall–Kier alpha value is -2.81. The van der Waals surface area contributed by atoms with Gasteiger partial charge < -0.3 is 25.0 Å². The number of ketones is 1. The average Bonchev–Trinajstić information content (AvgIpc) is 3.18. The van der Waals surface area contributed by atoms with E-state index in [0.29, 0.717) is 5.57 Å². The lowest BCUT2D eigenvalue weighted by molar-refractivity contribution is -0.160. The van der Waals surface area contributed by atoms with E-state index in [9.17, 15) is 24.6 Å². The lowest BCUT2D eigenvalue weighted by Gasteiger charge is -2.26. The van der Waals surface area contributed by atoms with Crippen LogP contribution in [0.3, 0.4) is 0 Å². The topological polar surface area (TPSA) is 122 Å². The third-order valence-electron chi connectivity index (χ3n) is 5.24. The van der Waals surface area contributed by atoms with Crippen molar-refractivity contribution in [3.63, 3.8) is 0 Å². The molecule has 0 spiro atoms. The Morgan fingerprint density at radius 3 is 2.48 bits per heavy atom. The van der Waals surface area contributed by atoms with E-state index in [1.807, 2.05) is 19.9 Å². The van der Waals surface area contributed by atoms with E-state index in [2.05, 4.69) is 5.32 Å². The molecule has 1 amide bonds. The fourth-order valence-electron chi connectivity index (χ4n) is 3.62. The van der Waals surface area contributed by atoms with Crippen molar-refractivity contribution < 1.29 is 34.1 Å². The highest BCUT2D eigenvalue weighted by Crippen LogP contribution is 2.39. The number of methoxy groups -OCH3 is 1. The van der Waals surface area contributed by atoms with Crippen LogP contribution < -0.4 is 5.32 Å². The first kappa shape index (κ1) is 24.5. The highest BCUT2D eigenvalue weighted by atomic mass is 16.5. The van der Waals surface area contributed by atoms with Crippen LogP contribution in [0.5, 0.6) is 0 Å². The van der Waals surface area contributed by atoms with Crippen molar-refractivity contribution in [3.8, 4) is 0 Å². The minimum absolute atomic E-state index is 0.101. The van der Waals surface area contributed by atoms with Crippen LogP contribution in [0.25, 0.3) is 0 Å². The van der Waals surface area contributed by atoms with Crippen LogP contribution in [0.1, 0.15) is 34.1 Å². The molecule has 2 aliphatic heterocycles. The maximum Gasteiger partial charge on any atom is 0.337 e. The van der Waals surface area contributed by atoms with Gasteiger partial charge in [0.05, 0.1) is 19.3 Å². The number of ether oxygens (including phenoxy) is 2. The Morgan fingerprint density at radius 2 is 1.87 bits per heavy atom. The van der Waals surface area contributed by atoms with Crippen LogP contribution in [-0.2, 0) is 23.9 Å². The van der Waals surface area contributed by atoms with Crippen molar-refractivity contribution in [1.29, 1.82) is 0 Å². The average molecular weight is 431 g/mol. The van der Waals surface area contributed by atoms with Gasteiger partial charge >= 0.3 is 5.97 Å². The molecule has 8 nitrogen and oxygen atoms in total. The zero-order chi connectivity index (χ0) is 23.4. The van der Waals surface area contributed by atoms with Gasteiger partial charge in [0, 0.05) is 6.42 Å². The molecule has 2 fully saturated rings. The maximum absolute atomic E-state index is 12.8. The molecule has 2 aliphatic rings. The molecule has 2 rings (SSSR count). The molecule has 3 atom stereocenters. The number of nitrogens with one attached hydrogen (secondary N) is 1. The van der Waals surface area contributed by atoms with Crippen LogP contribution in [0, 0.1) is 0 Å². The normalized spacial score (nSPS) is 29.9. The predicted octanol–water partition coefficient (Wildman–Crippen LogP) is 1.41. The largest absolute Gasteiger partial charge is 0.465 e. The number of hydrogen-bond acceptors (Lipinski definition) is 7. The van der Waals surface area contributed by atoms with Crippen molar-refractivity contribution in [2.24, 2.45) is 0 Å². The minimum Gasteiger partial charge on any atom is -0.465 e. The van der Waals surface area contributed by atoms with Gasteiger partial charge in [-0.1, -0.05) is 41.5 Å². The SMILES string of the molecule is C\C=C(/C=C(C)/C=C(C)/C=C/C=C(\C)C(=O)[C@]1(O)C(=O)N[C@]2(O)CCOC12)C(=O)OC. The summed E-state index contributed by atoms with van der Waals surface area (Å²) in [7, 11) is 1.32. The summed E-state index contributed by atoms with van der Waals surface area (Å²) in [5.74, 6) is -2.22. The summed E-state index contributed by atoms with van der Waals surface area (Å²) in [6.07, 6.45) is 8.78. The van der Waals surface area contributed by atoms with Crippen LogP contribution in [0.15, 0.2) is 58.7 Å². The van der Waals surface area contributed by atoms with Crippen LogP contribution >= 0.6 is 0 Å². The molecule has 0 aromatic carbocycles. The number of aliphatic hydroxyl groups is 2. The number of fused-ring (bicyclic) bond motifs is 1. The summed E-state index contributed by atoms with van der Waals surface area (Å²) in [6, 6.07) is 0. The summed E-state index contributed by atoms with van der Waals surface area (Å²) in [6.45, 7) is 7.03. The van der Waals surface area contributed by atoms with E-state index < -0.39 is 35.1 Å². The molecule has 0 aliphatic carbocycles. The Bertz CT molecular complexity index is 924. The smallest absolute Gasteiger partial charge is 0.337 e. The quantitative estimate of drug-likeness (QED) is 0.241. The molecule has 3 N–H and O–H groups in total. The summed E-state index contributed by atoms with van der Waals surface area (Å²) in [4.78, 5) is 36.7. The molecule has 0 aromatic rings. The molecule has 0 radical (unpaired) electrons. The van der Waals surface area contributed by atoms with Crippen molar-refractivity contribution in [2.45, 2.75) is 51.5 Å². The van der Waals surface area contributed by atoms with Crippen LogP contribution in [0.4, 0.5) is 0 Å². The minimum atomic E-state index is -2.47. The number of carbonyl (C=O) groups is 3. The number of hydrogen-bond donors (Lipinski definition) is 3. The van der Waals surface area contributed by atoms with E-state index >= 15 is 0 Å². The van der Waals surface area contributed by atoms with Gasteiger partial charge in [-0.15, -0.1) is 0 Å². The molecule has 2 heterocycles. The fraction of sp³-hybridized carbons (Fsp3) is 0.435. The molecule has 168 valence electrons. The Morgan fingerprint density at radius 1 is 1.19 bits per heavy atom. The maximum atomic E-state index is 12.8. The van der Waals surface area contributed by atoms with E-state index in [-0.39, 0.29) is 18.6 Å². The van der Waals surface area contributed by atoms with Crippen molar-refractivity contribution in [3.05, 3.63) is 58.7 Å². The second kappa shape index (κ2) is 9.55. The molecular weight excluding hydrogens is 402 g/mol. The molecule has 2 saturated heterocycles. The fourth-order valence-corrected chi connectivity index (χ4v) is 3.62. The van der Waals surface area contributed by atoms with Crippen molar-refractivity contribution in [2.75, 3.05) is 13.7 Å². The number of carbonyl (C=O) groups excluding carboxylic acids is 3. The Kier molecular flexibility index (Phi) is 7.54. The number of esters is 1. The number of rotatable bonds is 7. The molecular formula is C23H29NO7. The third kappa shape index (κ3) is 4.92. The molecule has 31 heavy (non-hydrogen) atoms. The molecule has 0 aromatic heterocycles. The van der Waals surface area contributed by atoms with Gasteiger partial charge in [0.25, 0.3) is 5.91 Å². The summed E-state index contributed by atoms with van der Waals surface area (Å²) in [5.41, 5.74) is -1.97. The van der Waals surface area contributed by atoms with Gasteiger partial charge in [-0.25, -0.2) is 4.79 Å². The summed E-state index contributed by atoms with van der Waals surface area (Å²) >= 11 is 0. The zero-order valence-corrected chi connectivity index (χ0v) is 18.4. The van der Waals surface area contributed by atoms with Gasteiger partial charge in [-0.2, -0.15) is 0 Å². The van der Waals surface area contributed by atoms with E-state index in [0.717, 1.165) is 11.1 Å². The molecule has 8 heteroatoms. The van der Waals surface area contributed by atoms with Crippen molar-refractivity contribution in [1.82, 2.24) is 5.32 Å². The van der Waals surface area contributed by atoms with Crippen molar-refractivity contribution >= 4 is 17.7 Å². The highest BCUT2D eigenvalue weighted by Gasteiger charge is 2.68. The van der Waals surface area contributed by atoms with Crippen LogP contribution in [-0.4, -0.2) is 59.0 Å². The van der Waals surface area contributed by atoms with Gasteiger partial charge in [-0.3, -0.25) is 9.59 Å². The zero-order valence-electron chi connectivity index (χ0n) is 18.4. The Balaban J connectivity index is 2.14. The van der Waals surface area contributed by atoms with Gasteiger partial charge in [0.2, 0.25) is 11.4 Å². The Labute approximate surface area is 181 Å².